The molecule has 1 saturated heterocycles. The highest BCUT2D eigenvalue weighted by atomic mass is 16.2. The number of carbonyl (C=O) groups is 2. The highest BCUT2D eigenvalue weighted by molar-refractivity contribution is 5.89. The van der Waals surface area contributed by atoms with Crippen LogP contribution < -0.4 is 10.6 Å². The molecule has 1 aliphatic rings. The number of amides is 3. The number of likely N-dealkylation sites (tertiary alicyclic amines) is 1. The van der Waals surface area contributed by atoms with Crippen molar-refractivity contribution in [3.8, 4) is 6.07 Å². The number of benzene rings is 2. The summed E-state index contributed by atoms with van der Waals surface area (Å²) in [6.45, 7) is 1.83. The first kappa shape index (κ1) is 18.5. The zero-order valence-corrected chi connectivity index (χ0v) is 15.0. The van der Waals surface area contributed by atoms with Gasteiger partial charge in [0.15, 0.2) is 0 Å². The fourth-order valence-electron chi connectivity index (χ4n) is 3.16. The molecule has 3 rings (SSSR count). The SMILES string of the molecule is N#Cc1ccc(NC(=O)NCC2CC(=O)N(CCc3ccccc3)C2)cc1. The number of nitriles is 1. The van der Waals surface area contributed by atoms with Crippen LogP contribution in [-0.2, 0) is 11.2 Å². The van der Waals surface area contributed by atoms with Crippen LogP contribution in [0.1, 0.15) is 17.5 Å². The van der Waals surface area contributed by atoms with E-state index in [-0.39, 0.29) is 17.9 Å². The molecule has 0 spiro atoms. The minimum atomic E-state index is -0.310. The van der Waals surface area contributed by atoms with Gasteiger partial charge in [-0.15, -0.1) is 0 Å². The van der Waals surface area contributed by atoms with Crippen molar-refractivity contribution in [3.05, 3.63) is 65.7 Å². The summed E-state index contributed by atoms with van der Waals surface area (Å²) >= 11 is 0. The van der Waals surface area contributed by atoms with Crippen molar-refractivity contribution in [1.29, 1.82) is 5.26 Å². The Morgan fingerprint density at radius 3 is 2.59 bits per heavy atom. The van der Waals surface area contributed by atoms with Gasteiger partial charge >= 0.3 is 6.03 Å². The predicted octanol–water partition coefficient (Wildman–Crippen LogP) is 2.77. The Morgan fingerprint density at radius 1 is 1.15 bits per heavy atom. The van der Waals surface area contributed by atoms with Gasteiger partial charge in [-0.05, 0) is 36.2 Å². The van der Waals surface area contributed by atoms with Crippen molar-refractivity contribution in [3.63, 3.8) is 0 Å². The number of rotatable bonds is 6. The van der Waals surface area contributed by atoms with Crippen LogP contribution in [0.3, 0.4) is 0 Å². The van der Waals surface area contributed by atoms with Gasteiger partial charge < -0.3 is 15.5 Å². The molecule has 138 valence electrons. The topological polar surface area (TPSA) is 85.2 Å². The van der Waals surface area contributed by atoms with Crippen molar-refractivity contribution in [2.24, 2.45) is 5.92 Å². The van der Waals surface area contributed by atoms with Crippen LogP contribution in [0, 0.1) is 17.2 Å². The van der Waals surface area contributed by atoms with Crippen molar-refractivity contribution in [2.75, 3.05) is 25.0 Å². The van der Waals surface area contributed by atoms with Crippen LogP contribution in [0.15, 0.2) is 54.6 Å². The lowest BCUT2D eigenvalue weighted by molar-refractivity contribution is -0.127. The minimum Gasteiger partial charge on any atom is -0.342 e. The third kappa shape index (κ3) is 5.32. The Labute approximate surface area is 158 Å². The van der Waals surface area contributed by atoms with E-state index in [4.69, 9.17) is 5.26 Å². The fourth-order valence-corrected chi connectivity index (χ4v) is 3.16. The maximum absolute atomic E-state index is 12.2. The number of carbonyl (C=O) groups excluding carboxylic acids is 2. The second-order valence-electron chi connectivity index (χ2n) is 6.67. The van der Waals surface area contributed by atoms with Crippen LogP contribution in [0.5, 0.6) is 0 Å². The monoisotopic (exact) mass is 362 g/mol. The summed E-state index contributed by atoms with van der Waals surface area (Å²) < 4.78 is 0. The predicted molar refractivity (Wildman–Crippen MR) is 103 cm³/mol. The molecule has 1 fully saturated rings. The summed E-state index contributed by atoms with van der Waals surface area (Å²) in [7, 11) is 0. The van der Waals surface area contributed by atoms with Gasteiger partial charge in [-0.1, -0.05) is 30.3 Å². The highest BCUT2D eigenvalue weighted by Gasteiger charge is 2.29. The molecule has 27 heavy (non-hydrogen) atoms. The van der Waals surface area contributed by atoms with E-state index in [0.29, 0.717) is 37.3 Å². The third-order valence-electron chi connectivity index (χ3n) is 4.63. The average molecular weight is 362 g/mol. The summed E-state index contributed by atoms with van der Waals surface area (Å²) in [5.74, 6) is 0.269. The molecule has 0 radical (unpaired) electrons. The zero-order chi connectivity index (χ0) is 19.1. The highest BCUT2D eigenvalue weighted by Crippen LogP contribution is 2.18. The summed E-state index contributed by atoms with van der Waals surface area (Å²) in [5, 5.41) is 14.3. The normalized spacial score (nSPS) is 16.0. The standard InChI is InChI=1S/C21H22N4O2/c22-13-17-6-8-19(9-7-17)24-21(27)23-14-18-12-20(26)25(15-18)11-10-16-4-2-1-3-5-16/h1-9,18H,10-12,14-15H2,(H2,23,24,27). The summed E-state index contributed by atoms with van der Waals surface area (Å²) in [4.78, 5) is 26.1. The van der Waals surface area contributed by atoms with Crippen molar-refractivity contribution < 1.29 is 9.59 Å². The van der Waals surface area contributed by atoms with Crippen LogP contribution in [0.25, 0.3) is 0 Å². The lowest BCUT2D eigenvalue weighted by Gasteiger charge is -2.17. The van der Waals surface area contributed by atoms with Crippen LogP contribution in [0.4, 0.5) is 10.5 Å². The molecule has 0 aliphatic carbocycles. The van der Waals surface area contributed by atoms with E-state index in [1.807, 2.05) is 29.2 Å². The lowest BCUT2D eigenvalue weighted by atomic mass is 10.1. The van der Waals surface area contributed by atoms with Crippen LogP contribution in [-0.4, -0.2) is 36.5 Å². The average Bonchev–Trinajstić information content (AvgIpc) is 3.06. The molecule has 3 amide bonds. The first-order chi connectivity index (χ1) is 13.1. The number of anilines is 1. The maximum Gasteiger partial charge on any atom is 0.319 e. The second kappa shape index (κ2) is 8.86. The molecular formula is C21H22N4O2. The second-order valence-corrected chi connectivity index (χ2v) is 6.67. The van der Waals surface area contributed by atoms with Gasteiger partial charge in [-0.2, -0.15) is 5.26 Å². The first-order valence-electron chi connectivity index (χ1n) is 9.01. The van der Waals surface area contributed by atoms with Crippen molar-refractivity contribution in [2.45, 2.75) is 12.8 Å². The minimum absolute atomic E-state index is 0.125. The molecule has 0 bridgehead atoms. The molecule has 1 heterocycles. The van der Waals surface area contributed by atoms with Gasteiger partial charge in [0.2, 0.25) is 5.91 Å². The van der Waals surface area contributed by atoms with Gasteiger partial charge in [0.1, 0.15) is 0 Å². The van der Waals surface area contributed by atoms with E-state index >= 15 is 0 Å². The largest absolute Gasteiger partial charge is 0.342 e. The summed E-state index contributed by atoms with van der Waals surface area (Å²) in [5.41, 5.74) is 2.38. The molecular weight excluding hydrogens is 340 g/mol. The smallest absolute Gasteiger partial charge is 0.319 e. The molecule has 6 nitrogen and oxygen atoms in total. The van der Waals surface area contributed by atoms with E-state index in [1.54, 1.807) is 24.3 Å². The first-order valence-corrected chi connectivity index (χ1v) is 9.01. The maximum atomic E-state index is 12.2. The molecule has 2 aromatic rings. The molecule has 6 heteroatoms. The van der Waals surface area contributed by atoms with Crippen molar-refractivity contribution in [1.82, 2.24) is 10.2 Å². The summed E-state index contributed by atoms with van der Waals surface area (Å²) in [6.07, 6.45) is 1.30. The molecule has 0 aromatic heterocycles. The Hall–Kier alpha value is -3.33. The fraction of sp³-hybridized carbons (Fsp3) is 0.286. The Kier molecular flexibility index (Phi) is 6.06. The number of nitrogens with zero attached hydrogens (tertiary/aromatic N) is 2. The number of hydrogen-bond donors (Lipinski definition) is 2. The van der Waals surface area contributed by atoms with Gasteiger partial charge in [0.05, 0.1) is 11.6 Å². The zero-order valence-electron chi connectivity index (χ0n) is 15.0. The number of urea groups is 1. The molecule has 1 atom stereocenters. The molecule has 2 aromatic carbocycles. The van der Waals surface area contributed by atoms with Crippen LogP contribution >= 0.6 is 0 Å². The van der Waals surface area contributed by atoms with E-state index in [0.717, 1.165) is 6.42 Å². The quantitative estimate of drug-likeness (QED) is 0.829. The Morgan fingerprint density at radius 2 is 1.89 bits per heavy atom. The van der Waals surface area contributed by atoms with Crippen molar-refractivity contribution >= 4 is 17.6 Å². The Bertz CT molecular complexity index is 828. The number of hydrogen-bond acceptors (Lipinski definition) is 3. The van der Waals surface area contributed by atoms with Crippen LogP contribution in [0.2, 0.25) is 0 Å². The molecule has 2 N–H and O–H groups in total. The lowest BCUT2D eigenvalue weighted by Crippen LogP contribution is -2.34. The van der Waals surface area contributed by atoms with E-state index < -0.39 is 0 Å². The molecule has 0 saturated carbocycles. The van der Waals surface area contributed by atoms with Gasteiger partial charge in [0, 0.05) is 37.7 Å². The van der Waals surface area contributed by atoms with Gasteiger partial charge in [-0.3, -0.25) is 4.79 Å². The van der Waals surface area contributed by atoms with Gasteiger partial charge in [0.25, 0.3) is 0 Å². The third-order valence-corrected chi connectivity index (χ3v) is 4.63. The summed E-state index contributed by atoms with van der Waals surface area (Å²) in [6, 6.07) is 18.5. The van der Waals surface area contributed by atoms with E-state index in [1.165, 1.54) is 5.56 Å². The Balaban J connectivity index is 1.41. The molecule has 1 unspecified atom stereocenters. The number of nitrogens with one attached hydrogen (secondary N) is 2. The van der Waals surface area contributed by atoms with Gasteiger partial charge in [-0.25, -0.2) is 4.79 Å². The van der Waals surface area contributed by atoms with E-state index in [9.17, 15) is 9.59 Å². The van der Waals surface area contributed by atoms with E-state index in [2.05, 4.69) is 22.8 Å². The molecule has 1 aliphatic heterocycles.